The second-order valence-electron chi connectivity index (χ2n) is 2.46. The number of hydrogen-bond donors (Lipinski definition) is 0. The molecule has 1 rings (SSSR count). The first kappa shape index (κ1) is 10.1. The number of carbonyl (C=O) groups is 1. The molecular formula is C8H6ClF2NO. The van der Waals surface area contributed by atoms with Gasteiger partial charge in [0.2, 0.25) is 0 Å². The first-order valence-electron chi connectivity index (χ1n) is 3.47. The van der Waals surface area contributed by atoms with Crippen molar-refractivity contribution < 1.29 is 13.6 Å². The normalized spacial score (nSPS) is 10.5. The maximum absolute atomic E-state index is 12.3. The number of pyridine rings is 1. The summed E-state index contributed by atoms with van der Waals surface area (Å²) in [5.41, 5.74) is -0.343. The topological polar surface area (TPSA) is 30.0 Å². The first-order chi connectivity index (χ1) is 6.04. The maximum atomic E-state index is 12.3. The molecule has 0 N–H and O–H groups in total. The summed E-state index contributed by atoms with van der Waals surface area (Å²) < 4.78 is 24.6. The van der Waals surface area contributed by atoms with Crippen LogP contribution in [-0.4, -0.2) is 10.2 Å². The second kappa shape index (κ2) is 3.79. The van der Waals surface area contributed by atoms with Crippen LogP contribution in [0.4, 0.5) is 8.78 Å². The fourth-order valence-electron chi connectivity index (χ4n) is 1.00. The van der Waals surface area contributed by atoms with Gasteiger partial charge < -0.3 is 0 Å². The van der Waals surface area contributed by atoms with E-state index in [9.17, 15) is 13.6 Å². The van der Waals surface area contributed by atoms with E-state index >= 15 is 0 Å². The number of halogens is 3. The first-order valence-corrected chi connectivity index (χ1v) is 3.85. The van der Waals surface area contributed by atoms with Crippen LogP contribution in [0.2, 0.25) is 0 Å². The summed E-state index contributed by atoms with van der Waals surface area (Å²) in [5, 5.41) is -0.902. The molecule has 0 bridgehead atoms. The van der Waals surface area contributed by atoms with Gasteiger partial charge in [-0.3, -0.25) is 9.78 Å². The van der Waals surface area contributed by atoms with Crippen molar-refractivity contribution in [3.8, 4) is 0 Å². The monoisotopic (exact) mass is 205 g/mol. The summed E-state index contributed by atoms with van der Waals surface area (Å²) in [6, 6.07) is 1.46. The molecule has 0 aliphatic heterocycles. The van der Waals surface area contributed by atoms with Gasteiger partial charge in [0.25, 0.3) is 11.7 Å². The zero-order valence-electron chi connectivity index (χ0n) is 6.72. The van der Waals surface area contributed by atoms with E-state index in [0.717, 1.165) is 0 Å². The molecular weight excluding hydrogens is 200 g/mol. The molecule has 0 spiro atoms. The van der Waals surface area contributed by atoms with E-state index in [-0.39, 0.29) is 5.56 Å². The summed E-state index contributed by atoms with van der Waals surface area (Å²) in [6.07, 6.45) is -1.56. The van der Waals surface area contributed by atoms with E-state index in [1.165, 1.54) is 19.2 Å². The van der Waals surface area contributed by atoms with Crippen molar-refractivity contribution in [2.75, 3.05) is 0 Å². The number of aryl methyl sites for hydroxylation is 1. The predicted octanol–water partition coefficient (Wildman–Crippen LogP) is 2.71. The van der Waals surface area contributed by atoms with Gasteiger partial charge in [-0.25, -0.2) is 8.78 Å². The van der Waals surface area contributed by atoms with E-state index in [1.54, 1.807) is 0 Å². The summed E-state index contributed by atoms with van der Waals surface area (Å²) >= 11 is 5.15. The van der Waals surface area contributed by atoms with Gasteiger partial charge in [-0.05, 0) is 30.2 Å². The van der Waals surface area contributed by atoms with Gasteiger partial charge in [-0.1, -0.05) is 0 Å². The highest BCUT2D eigenvalue weighted by molar-refractivity contribution is 6.68. The molecule has 0 aromatic carbocycles. The number of hydrogen-bond acceptors (Lipinski definition) is 2. The smallest absolute Gasteiger partial charge is 0.276 e. The van der Waals surface area contributed by atoms with Crippen LogP contribution >= 0.6 is 11.6 Å². The molecule has 0 aliphatic carbocycles. The number of carbonyl (C=O) groups excluding carboxylic acids is 1. The molecule has 2 nitrogen and oxygen atoms in total. The third kappa shape index (κ3) is 2.01. The molecule has 0 amide bonds. The molecule has 1 aromatic heterocycles. The largest absolute Gasteiger partial charge is 0.281 e. The number of rotatable bonds is 2. The average Bonchev–Trinajstić information content (AvgIpc) is 2.02. The number of aromatic nitrogens is 1. The highest BCUT2D eigenvalue weighted by Crippen LogP contribution is 2.23. The predicted molar refractivity (Wildman–Crippen MR) is 44.1 cm³/mol. The van der Waals surface area contributed by atoms with Crippen molar-refractivity contribution >= 4 is 16.8 Å². The Bertz CT molecular complexity index is 341. The zero-order chi connectivity index (χ0) is 10.0. The fraction of sp³-hybridized carbons (Fsp3) is 0.250. The highest BCUT2D eigenvalue weighted by atomic mass is 35.5. The summed E-state index contributed by atoms with van der Waals surface area (Å²) in [4.78, 5) is 14.2. The quantitative estimate of drug-likeness (QED) is 0.695. The van der Waals surface area contributed by atoms with Crippen molar-refractivity contribution in [2.24, 2.45) is 0 Å². The standard InChI is InChI=1S/C8H6ClF2NO/c1-4-2-3-12-6(8(10)11)5(4)7(9)13/h2-3,8H,1H3. The highest BCUT2D eigenvalue weighted by Gasteiger charge is 2.20. The summed E-state index contributed by atoms with van der Waals surface area (Å²) in [5.74, 6) is 0. The van der Waals surface area contributed by atoms with Crippen LogP contribution in [0.15, 0.2) is 12.3 Å². The van der Waals surface area contributed by atoms with Crippen LogP contribution < -0.4 is 0 Å². The van der Waals surface area contributed by atoms with Crippen LogP contribution in [-0.2, 0) is 0 Å². The van der Waals surface area contributed by atoms with Gasteiger partial charge in [-0.2, -0.15) is 0 Å². The SMILES string of the molecule is Cc1ccnc(C(F)F)c1C(=O)Cl. The van der Waals surface area contributed by atoms with E-state index < -0.39 is 17.4 Å². The van der Waals surface area contributed by atoms with Gasteiger partial charge in [0.1, 0.15) is 5.69 Å². The van der Waals surface area contributed by atoms with Crippen molar-refractivity contribution in [2.45, 2.75) is 13.3 Å². The van der Waals surface area contributed by atoms with Gasteiger partial charge in [-0.15, -0.1) is 0 Å². The van der Waals surface area contributed by atoms with E-state index in [2.05, 4.69) is 4.98 Å². The third-order valence-corrected chi connectivity index (χ3v) is 1.78. The molecule has 0 aliphatic rings. The number of nitrogens with zero attached hydrogens (tertiary/aromatic N) is 1. The molecule has 0 saturated heterocycles. The van der Waals surface area contributed by atoms with E-state index in [4.69, 9.17) is 11.6 Å². The zero-order valence-corrected chi connectivity index (χ0v) is 7.48. The van der Waals surface area contributed by atoms with E-state index in [0.29, 0.717) is 5.56 Å². The molecule has 1 heterocycles. The van der Waals surface area contributed by atoms with Gasteiger partial charge >= 0.3 is 0 Å². The fourth-order valence-corrected chi connectivity index (χ4v) is 1.25. The van der Waals surface area contributed by atoms with Crippen molar-refractivity contribution in [1.82, 2.24) is 4.98 Å². The minimum Gasteiger partial charge on any atom is -0.276 e. The molecule has 0 atom stereocenters. The molecule has 70 valence electrons. The van der Waals surface area contributed by atoms with Crippen LogP contribution in [0, 0.1) is 6.92 Å². The van der Waals surface area contributed by atoms with Gasteiger partial charge in [0, 0.05) is 6.20 Å². The lowest BCUT2D eigenvalue weighted by Gasteiger charge is -2.05. The number of alkyl halides is 2. The maximum Gasteiger partial charge on any atom is 0.281 e. The summed E-state index contributed by atoms with van der Waals surface area (Å²) in [7, 11) is 0. The minimum atomic E-state index is -2.78. The molecule has 0 fully saturated rings. The molecule has 5 heteroatoms. The average molecular weight is 206 g/mol. The van der Waals surface area contributed by atoms with Crippen LogP contribution in [0.5, 0.6) is 0 Å². The van der Waals surface area contributed by atoms with Crippen LogP contribution in [0.25, 0.3) is 0 Å². The Morgan fingerprint density at radius 3 is 2.62 bits per heavy atom. The molecule has 13 heavy (non-hydrogen) atoms. The second-order valence-corrected chi connectivity index (χ2v) is 2.81. The van der Waals surface area contributed by atoms with Crippen LogP contribution in [0.3, 0.4) is 0 Å². The van der Waals surface area contributed by atoms with Gasteiger partial charge in [0.05, 0.1) is 5.56 Å². The molecule has 1 aromatic rings. The Balaban J connectivity index is 3.34. The third-order valence-electron chi connectivity index (χ3n) is 1.59. The molecule has 0 unspecified atom stereocenters. The van der Waals surface area contributed by atoms with E-state index in [1.807, 2.05) is 0 Å². The Morgan fingerprint density at radius 2 is 2.23 bits per heavy atom. The minimum absolute atomic E-state index is 0.195. The van der Waals surface area contributed by atoms with Crippen molar-refractivity contribution in [1.29, 1.82) is 0 Å². The van der Waals surface area contributed by atoms with Crippen molar-refractivity contribution in [3.05, 3.63) is 29.1 Å². The van der Waals surface area contributed by atoms with Crippen molar-refractivity contribution in [3.63, 3.8) is 0 Å². The lowest BCUT2D eigenvalue weighted by Crippen LogP contribution is -2.03. The Labute approximate surface area is 78.5 Å². The molecule has 0 saturated carbocycles. The van der Waals surface area contributed by atoms with Gasteiger partial charge in [0.15, 0.2) is 0 Å². The Kier molecular flexibility index (Phi) is 2.93. The lowest BCUT2D eigenvalue weighted by molar-refractivity contribution is 0.106. The Hall–Kier alpha value is -1.03. The lowest BCUT2D eigenvalue weighted by atomic mass is 10.1. The molecule has 0 radical (unpaired) electrons. The Morgan fingerprint density at radius 1 is 1.62 bits per heavy atom. The summed E-state index contributed by atoms with van der Waals surface area (Å²) in [6.45, 7) is 1.53. The van der Waals surface area contributed by atoms with Crippen LogP contribution in [0.1, 0.15) is 28.0 Å².